The number of aliphatic hydroxyl groups excluding tert-OH is 1. The van der Waals surface area contributed by atoms with Gasteiger partial charge in [0.25, 0.3) is 0 Å². The molecule has 3 N–H and O–H groups in total. The Morgan fingerprint density at radius 2 is 2.00 bits per heavy atom. The molecule has 0 aromatic heterocycles. The number of aromatic hydroxyl groups is 1. The molecular weight excluding hydrogens is 298 g/mol. The van der Waals surface area contributed by atoms with Crippen molar-refractivity contribution in [3.63, 3.8) is 0 Å². The van der Waals surface area contributed by atoms with Crippen LogP contribution >= 0.6 is 11.6 Å². The van der Waals surface area contributed by atoms with E-state index in [0.29, 0.717) is 17.7 Å². The maximum Gasteiger partial charge on any atom is 0.134 e. The summed E-state index contributed by atoms with van der Waals surface area (Å²) in [6.07, 6.45) is 9.86. The molecule has 1 aliphatic heterocycles. The van der Waals surface area contributed by atoms with Crippen molar-refractivity contribution >= 4 is 11.6 Å². The van der Waals surface area contributed by atoms with Gasteiger partial charge in [-0.3, -0.25) is 0 Å². The Morgan fingerprint density at radius 1 is 1.23 bits per heavy atom. The molecular formula is C18H30ClNO2. The number of hydrogen-bond donors (Lipinski definition) is 3. The lowest BCUT2D eigenvalue weighted by molar-refractivity contribution is 0.255. The second kappa shape index (κ2) is 11.8. The van der Waals surface area contributed by atoms with Crippen LogP contribution in [0.25, 0.3) is 0 Å². The first kappa shape index (κ1) is 19.3. The van der Waals surface area contributed by atoms with Crippen LogP contribution in [0.15, 0.2) is 18.2 Å². The number of phenolic OH excluding ortho intramolecular Hbond substituents is 1. The van der Waals surface area contributed by atoms with Gasteiger partial charge in [0, 0.05) is 6.04 Å². The zero-order valence-electron chi connectivity index (χ0n) is 13.7. The number of nitrogens with one attached hydrogen (secondary N) is 1. The van der Waals surface area contributed by atoms with Crippen molar-refractivity contribution in [2.45, 2.75) is 64.3 Å². The molecule has 0 aliphatic carbocycles. The molecule has 0 spiro atoms. The van der Waals surface area contributed by atoms with E-state index >= 15 is 0 Å². The SMILES string of the molecule is CCCCCCCc1ccc(O)c(Cl)c1.OCC1CCCN1. The van der Waals surface area contributed by atoms with Gasteiger partial charge in [-0.2, -0.15) is 0 Å². The summed E-state index contributed by atoms with van der Waals surface area (Å²) >= 11 is 5.83. The maximum atomic E-state index is 9.25. The molecule has 1 aromatic carbocycles. The average Bonchev–Trinajstić information content (AvgIpc) is 3.05. The smallest absolute Gasteiger partial charge is 0.134 e. The molecule has 1 aliphatic rings. The van der Waals surface area contributed by atoms with Crippen molar-refractivity contribution in [2.24, 2.45) is 0 Å². The number of rotatable bonds is 7. The van der Waals surface area contributed by atoms with E-state index in [1.165, 1.54) is 44.1 Å². The topological polar surface area (TPSA) is 52.5 Å². The molecule has 0 amide bonds. The highest BCUT2D eigenvalue weighted by Crippen LogP contribution is 2.24. The van der Waals surface area contributed by atoms with Gasteiger partial charge in [-0.1, -0.05) is 50.3 Å². The lowest BCUT2D eigenvalue weighted by Crippen LogP contribution is -2.24. The van der Waals surface area contributed by atoms with E-state index < -0.39 is 0 Å². The minimum Gasteiger partial charge on any atom is -0.506 e. The van der Waals surface area contributed by atoms with Crippen LogP contribution < -0.4 is 5.32 Å². The summed E-state index contributed by atoms with van der Waals surface area (Å²) in [5.41, 5.74) is 1.22. The van der Waals surface area contributed by atoms with E-state index in [1.54, 1.807) is 6.07 Å². The molecule has 1 aromatic rings. The van der Waals surface area contributed by atoms with Crippen LogP contribution in [0.5, 0.6) is 5.75 Å². The quantitative estimate of drug-likeness (QED) is 0.655. The van der Waals surface area contributed by atoms with Crippen LogP contribution in [-0.2, 0) is 6.42 Å². The highest BCUT2D eigenvalue weighted by Gasteiger charge is 2.10. The van der Waals surface area contributed by atoms with Crippen LogP contribution in [-0.4, -0.2) is 29.4 Å². The van der Waals surface area contributed by atoms with Crippen LogP contribution in [0.3, 0.4) is 0 Å². The number of aliphatic hydroxyl groups is 1. The summed E-state index contributed by atoms with van der Waals surface area (Å²) in [6.45, 7) is 3.62. The molecule has 2 rings (SSSR count). The van der Waals surface area contributed by atoms with Crippen molar-refractivity contribution < 1.29 is 10.2 Å². The normalized spacial score (nSPS) is 17.1. The lowest BCUT2D eigenvalue weighted by Gasteiger charge is -2.03. The number of phenols is 1. The Balaban J connectivity index is 0.000000287. The van der Waals surface area contributed by atoms with Gasteiger partial charge < -0.3 is 15.5 Å². The van der Waals surface area contributed by atoms with Gasteiger partial charge in [0.05, 0.1) is 11.6 Å². The van der Waals surface area contributed by atoms with Crippen molar-refractivity contribution in [3.05, 3.63) is 28.8 Å². The summed E-state index contributed by atoms with van der Waals surface area (Å²) in [5.74, 6) is 0.173. The van der Waals surface area contributed by atoms with Gasteiger partial charge in [0.15, 0.2) is 0 Å². The molecule has 0 bridgehead atoms. The van der Waals surface area contributed by atoms with E-state index in [4.69, 9.17) is 16.7 Å². The number of halogens is 1. The monoisotopic (exact) mass is 327 g/mol. The van der Waals surface area contributed by atoms with Crippen molar-refractivity contribution in [1.82, 2.24) is 5.32 Å². The van der Waals surface area contributed by atoms with Crippen molar-refractivity contribution in [2.75, 3.05) is 13.2 Å². The molecule has 0 saturated carbocycles. The van der Waals surface area contributed by atoms with Gasteiger partial charge in [-0.05, 0) is 49.9 Å². The van der Waals surface area contributed by atoms with E-state index in [1.807, 2.05) is 12.1 Å². The number of benzene rings is 1. The molecule has 4 heteroatoms. The molecule has 1 unspecified atom stereocenters. The second-order valence-electron chi connectivity index (χ2n) is 5.93. The Morgan fingerprint density at radius 3 is 2.55 bits per heavy atom. The molecule has 1 fully saturated rings. The minimum absolute atomic E-state index is 0.173. The average molecular weight is 328 g/mol. The van der Waals surface area contributed by atoms with E-state index in [2.05, 4.69) is 12.2 Å². The summed E-state index contributed by atoms with van der Waals surface area (Å²) in [6, 6.07) is 5.88. The Kier molecular flexibility index (Phi) is 10.3. The summed E-state index contributed by atoms with van der Waals surface area (Å²) in [5, 5.41) is 21.4. The fourth-order valence-corrected chi connectivity index (χ4v) is 2.75. The molecule has 1 heterocycles. The fraction of sp³-hybridized carbons (Fsp3) is 0.667. The maximum absolute atomic E-state index is 9.25. The molecule has 126 valence electrons. The zero-order valence-corrected chi connectivity index (χ0v) is 14.4. The Labute approximate surface area is 139 Å². The fourth-order valence-electron chi connectivity index (χ4n) is 2.55. The van der Waals surface area contributed by atoms with E-state index in [-0.39, 0.29) is 5.75 Å². The number of unbranched alkanes of at least 4 members (excludes halogenated alkanes) is 4. The first-order valence-electron chi connectivity index (χ1n) is 8.49. The highest BCUT2D eigenvalue weighted by atomic mass is 35.5. The predicted octanol–water partition coefficient (Wildman–Crippen LogP) is 4.29. The Hall–Kier alpha value is -0.770. The zero-order chi connectivity index (χ0) is 16.2. The minimum atomic E-state index is 0.173. The van der Waals surface area contributed by atoms with Crippen LogP contribution in [0.1, 0.15) is 57.4 Å². The first-order chi connectivity index (χ1) is 10.7. The van der Waals surface area contributed by atoms with Crippen molar-refractivity contribution in [3.8, 4) is 5.75 Å². The summed E-state index contributed by atoms with van der Waals surface area (Å²) in [7, 11) is 0. The molecule has 1 atom stereocenters. The second-order valence-corrected chi connectivity index (χ2v) is 6.33. The van der Waals surface area contributed by atoms with E-state index in [0.717, 1.165) is 19.4 Å². The predicted molar refractivity (Wildman–Crippen MR) is 93.7 cm³/mol. The van der Waals surface area contributed by atoms with Crippen molar-refractivity contribution in [1.29, 1.82) is 0 Å². The Bertz CT molecular complexity index is 406. The molecule has 1 saturated heterocycles. The van der Waals surface area contributed by atoms with Crippen LogP contribution in [0.2, 0.25) is 5.02 Å². The number of aryl methyl sites for hydroxylation is 1. The third-order valence-corrected chi connectivity index (χ3v) is 4.27. The first-order valence-corrected chi connectivity index (χ1v) is 8.86. The van der Waals surface area contributed by atoms with Gasteiger partial charge in [-0.15, -0.1) is 0 Å². The third kappa shape index (κ3) is 8.02. The number of hydrogen-bond acceptors (Lipinski definition) is 3. The summed E-state index contributed by atoms with van der Waals surface area (Å²) in [4.78, 5) is 0. The highest BCUT2D eigenvalue weighted by molar-refractivity contribution is 6.32. The van der Waals surface area contributed by atoms with Gasteiger partial charge >= 0.3 is 0 Å². The van der Waals surface area contributed by atoms with Gasteiger partial charge in [0.1, 0.15) is 5.75 Å². The molecule has 0 radical (unpaired) electrons. The largest absolute Gasteiger partial charge is 0.506 e. The lowest BCUT2D eigenvalue weighted by atomic mass is 10.1. The van der Waals surface area contributed by atoms with Gasteiger partial charge in [-0.25, -0.2) is 0 Å². The third-order valence-electron chi connectivity index (χ3n) is 3.96. The standard InChI is InChI=1S/C13H19ClO.C5H11NO/c1-2-3-4-5-6-7-11-8-9-13(15)12(14)10-11;7-4-5-2-1-3-6-5/h8-10,15H,2-7H2,1H3;5-7H,1-4H2. The van der Waals surface area contributed by atoms with Crippen LogP contribution in [0.4, 0.5) is 0 Å². The van der Waals surface area contributed by atoms with Gasteiger partial charge in [0.2, 0.25) is 0 Å². The van der Waals surface area contributed by atoms with Crippen LogP contribution in [0, 0.1) is 0 Å². The molecule has 3 nitrogen and oxygen atoms in total. The summed E-state index contributed by atoms with van der Waals surface area (Å²) < 4.78 is 0. The van der Waals surface area contributed by atoms with E-state index in [9.17, 15) is 5.11 Å². The molecule has 22 heavy (non-hydrogen) atoms.